The van der Waals surface area contributed by atoms with E-state index >= 15 is 0 Å². The summed E-state index contributed by atoms with van der Waals surface area (Å²) >= 11 is 0. The first-order chi connectivity index (χ1) is 29.3. The normalized spacial score (nSPS) is 13.5. The molecule has 0 aromatic heterocycles. The van der Waals surface area contributed by atoms with E-state index < -0.39 is 5.41 Å². The Kier molecular flexibility index (Phi) is 7.48. The van der Waals surface area contributed by atoms with Crippen LogP contribution in [0.25, 0.3) is 45.5 Å². The zero-order valence-electron chi connectivity index (χ0n) is 32.3. The maximum Gasteiger partial charge on any atom is 0.0781 e. The second kappa shape index (κ2) is 13.2. The molecule has 59 heavy (non-hydrogen) atoms. The van der Waals surface area contributed by atoms with Crippen LogP contribution >= 0.6 is 0 Å². The van der Waals surface area contributed by atoms with Gasteiger partial charge in [0.1, 0.15) is 0 Å². The zero-order valence-corrected chi connectivity index (χ0v) is 32.3. The van der Waals surface area contributed by atoms with Gasteiger partial charge in [0.25, 0.3) is 0 Å². The molecule has 2 heteroatoms. The molecule has 12 rings (SSSR count). The topological polar surface area (TPSA) is 6.48 Å². The molecule has 1 heterocycles. The van der Waals surface area contributed by atoms with Crippen molar-refractivity contribution in [3.05, 3.63) is 252 Å². The second-order valence-corrected chi connectivity index (χ2v) is 15.6. The quantitative estimate of drug-likeness (QED) is 0.177. The molecule has 0 bridgehead atoms. The van der Waals surface area contributed by atoms with Crippen LogP contribution in [0.3, 0.4) is 0 Å². The van der Waals surface area contributed by atoms with Gasteiger partial charge in [-0.2, -0.15) is 0 Å². The predicted molar refractivity (Wildman–Crippen MR) is 246 cm³/mol. The maximum atomic E-state index is 2.47. The first-order valence-electron chi connectivity index (χ1n) is 20.4. The number of para-hydroxylation sites is 4. The van der Waals surface area contributed by atoms with Gasteiger partial charge in [-0.05, 0) is 104 Å². The highest BCUT2D eigenvalue weighted by molar-refractivity contribution is 6.07. The Morgan fingerprint density at radius 3 is 1.58 bits per heavy atom. The summed E-state index contributed by atoms with van der Waals surface area (Å²) in [6.45, 7) is 0. The lowest BCUT2D eigenvalue weighted by Crippen LogP contribution is -2.30. The molecule has 0 fully saturated rings. The van der Waals surface area contributed by atoms with Crippen molar-refractivity contribution in [2.75, 3.05) is 9.80 Å². The highest BCUT2D eigenvalue weighted by atomic mass is 15.2. The zero-order chi connectivity index (χ0) is 38.9. The van der Waals surface area contributed by atoms with E-state index in [0.717, 1.165) is 34.1 Å². The minimum Gasteiger partial charge on any atom is -0.308 e. The SMILES string of the molecule is C1=Cc2ccccc2C2(c3ccccc31)c1ccccc1-c1cc(N(c3ccccc3)c3cccc4c3N(c3ccccc3)c3ccccc3-c3ccccc3-4)ccc12. The third-order valence-corrected chi connectivity index (χ3v) is 12.6. The van der Waals surface area contributed by atoms with Crippen LogP contribution in [0, 0.1) is 0 Å². The van der Waals surface area contributed by atoms with Crippen LogP contribution in [-0.2, 0) is 5.41 Å². The number of anilines is 6. The Labute approximate surface area is 345 Å². The molecular weight excluding hydrogens is 713 g/mol. The van der Waals surface area contributed by atoms with Gasteiger partial charge in [-0.15, -0.1) is 0 Å². The third-order valence-electron chi connectivity index (χ3n) is 12.6. The summed E-state index contributed by atoms with van der Waals surface area (Å²) in [6, 6.07) is 80.4. The van der Waals surface area contributed by atoms with Crippen LogP contribution in [-0.4, -0.2) is 0 Å². The van der Waals surface area contributed by atoms with Crippen molar-refractivity contribution < 1.29 is 0 Å². The van der Waals surface area contributed by atoms with Gasteiger partial charge >= 0.3 is 0 Å². The molecule has 0 atom stereocenters. The summed E-state index contributed by atoms with van der Waals surface area (Å²) in [5, 5.41) is 0. The van der Waals surface area contributed by atoms with Crippen molar-refractivity contribution in [1.29, 1.82) is 0 Å². The molecule has 2 nitrogen and oxygen atoms in total. The van der Waals surface area contributed by atoms with Gasteiger partial charge in [0.2, 0.25) is 0 Å². The largest absolute Gasteiger partial charge is 0.308 e. The Morgan fingerprint density at radius 2 is 0.864 bits per heavy atom. The van der Waals surface area contributed by atoms with E-state index in [9.17, 15) is 0 Å². The molecule has 0 N–H and O–H groups in total. The highest BCUT2D eigenvalue weighted by Crippen LogP contribution is 2.60. The average molecular weight is 751 g/mol. The van der Waals surface area contributed by atoms with Crippen LogP contribution in [0.2, 0.25) is 0 Å². The van der Waals surface area contributed by atoms with Crippen LogP contribution < -0.4 is 9.80 Å². The van der Waals surface area contributed by atoms with Gasteiger partial charge in [-0.1, -0.05) is 182 Å². The lowest BCUT2D eigenvalue weighted by Gasteiger charge is -2.36. The Hall–Kier alpha value is -7.68. The van der Waals surface area contributed by atoms with Crippen LogP contribution in [0.5, 0.6) is 0 Å². The molecule has 0 saturated carbocycles. The molecule has 3 aliphatic rings. The molecule has 9 aromatic rings. The van der Waals surface area contributed by atoms with Crippen LogP contribution in [0.15, 0.2) is 218 Å². The van der Waals surface area contributed by atoms with Crippen LogP contribution in [0.4, 0.5) is 34.1 Å². The Morgan fingerprint density at radius 1 is 0.339 bits per heavy atom. The number of hydrogen-bond acceptors (Lipinski definition) is 2. The van der Waals surface area contributed by atoms with E-state index in [0.29, 0.717) is 0 Å². The fourth-order valence-electron chi connectivity index (χ4n) is 10.3. The summed E-state index contributed by atoms with van der Waals surface area (Å²) in [4.78, 5) is 4.94. The smallest absolute Gasteiger partial charge is 0.0781 e. The van der Waals surface area contributed by atoms with Crippen molar-refractivity contribution in [3.8, 4) is 33.4 Å². The van der Waals surface area contributed by atoms with Crippen molar-refractivity contribution in [3.63, 3.8) is 0 Å². The fourth-order valence-corrected chi connectivity index (χ4v) is 10.3. The monoisotopic (exact) mass is 750 g/mol. The molecule has 9 aromatic carbocycles. The number of benzene rings is 9. The Balaban J connectivity index is 1.16. The van der Waals surface area contributed by atoms with Gasteiger partial charge in [0.05, 0.1) is 22.5 Å². The van der Waals surface area contributed by atoms with Gasteiger partial charge in [0.15, 0.2) is 0 Å². The van der Waals surface area contributed by atoms with Crippen molar-refractivity contribution >= 4 is 46.3 Å². The molecule has 0 saturated heterocycles. The summed E-state index contributed by atoms with van der Waals surface area (Å²) in [5.41, 5.74) is 21.3. The van der Waals surface area contributed by atoms with Gasteiger partial charge in [-0.3, -0.25) is 0 Å². The predicted octanol–water partition coefficient (Wildman–Crippen LogP) is 15.1. The van der Waals surface area contributed by atoms with Gasteiger partial charge in [-0.25, -0.2) is 0 Å². The molecular formula is C57H38N2. The number of fused-ring (bicyclic) bond motifs is 14. The van der Waals surface area contributed by atoms with E-state index in [1.807, 2.05) is 0 Å². The molecule has 276 valence electrons. The molecule has 1 spiro atoms. The van der Waals surface area contributed by atoms with E-state index in [4.69, 9.17) is 0 Å². The summed E-state index contributed by atoms with van der Waals surface area (Å²) < 4.78 is 0. The van der Waals surface area contributed by atoms with Crippen molar-refractivity contribution in [1.82, 2.24) is 0 Å². The molecule has 0 unspecified atom stereocenters. The standard InChI is InChI=1S/C57H38N2/c1-3-20-41(21-4-1)58(55-33-17-28-48-45-25-10-9-24-44(45)47-27-12-16-32-54(47)59(56(48)55)42-22-5-2-6-23-42)43-36-37-53-49(38-43)46-26-11-15-31-52(46)57(53)50-29-13-7-18-39(50)34-35-40-19-8-14-30-51(40)57/h1-38H. The minimum atomic E-state index is -0.486. The minimum absolute atomic E-state index is 0.486. The summed E-state index contributed by atoms with van der Waals surface area (Å²) in [5.74, 6) is 0. The molecule has 1 aliphatic heterocycles. The molecule has 0 amide bonds. The van der Waals surface area contributed by atoms with E-state index in [2.05, 4.69) is 240 Å². The van der Waals surface area contributed by atoms with Crippen LogP contribution in [0.1, 0.15) is 33.4 Å². The summed E-state index contributed by atoms with van der Waals surface area (Å²) in [6.07, 6.45) is 4.59. The fraction of sp³-hybridized carbons (Fsp3) is 0.0175. The first kappa shape index (κ1) is 33.5. The summed E-state index contributed by atoms with van der Waals surface area (Å²) in [7, 11) is 0. The lowest BCUT2D eigenvalue weighted by molar-refractivity contribution is 0.766. The van der Waals surface area contributed by atoms with Crippen molar-refractivity contribution in [2.24, 2.45) is 0 Å². The first-order valence-corrected chi connectivity index (χ1v) is 20.4. The lowest BCUT2D eigenvalue weighted by atomic mass is 9.66. The van der Waals surface area contributed by atoms with Crippen molar-refractivity contribution in [2.45, 2.75) is 5.41 Å². The Bertz CT molecular complexity index is 3070. The maximum absolute atomic E-state index is 2.47. The van der Waals surface area contributed by atoms with E-state index in [1.165, 1.54) is 66.8 Å². The highest BCUT2D eigenvalue weighted by Gasteiger charge is 2.48. The third kappa shape index (κ3) is 4.87. The number of rotatable bonds is 4. The van der Waals surface area contributed by atoms with Gasteiger partial charge in [0, 0.05) is 28.2 Å². The molecule has 0 radical (unpaired) electrons. The number of hydrogen-bond donors (Lipinski definition) is 0. The molecule has 2 aliphatic carbocycles. The van der Waals surface area contributed by atoms with E-state index in [-0.39, 0.29) is 0 Å². The second-order valence-electron chi connectivity index (χ2n) is 15.6. The average Bonchev–Trinajstić information content (AvgIpc) is 3.41. The van der Waals surface area contributed by atoms with Gasteiger partial charge < -0.3 is 9.80 Å². The number of nitrogens with zero attached hydrogens (tertiary/aromatic N) is 2. The van der Waals surface area contributed by atoms with E-state index in [1.54, 1.807) is 0 Å².